The number of rotatable bonds is 31. The predicted octanol–water partition coefficient (Wildman–Crippen LogP) is 4.43. The maximum absolute atomic E-state index is 12.4. The lowest BCUT2D eigenvalue weighted by Crippen LogP contribution is -2.28. The SMILES string of the molecule is CCCOCCOCCNC(=O)CCSC(SCCC(=O)NCCOCCOCCN)c1ccc(OC(=O)CCCSC(C)C)cc1. The summed E-state index contributed by atoms with van der Waals surface area (Å²) in [6.07, 6.45) is 2.87. The fraction of sp³-hybridized carbons (Fsp3) is 0.727. The number of nitrogens with two attached hydrogens (primary N) is 1. The van der Waals surface area contributed by atoms with Crippen LogP contribution in [0.4, 0.5) is 0 Å². The third-order valence-electron chi connectivity index (χ3n) is 6.05. The first-order valence-electron chi connectivity index (χ1n) is 16.6. The number of hydrogen-bond donors (Lipinski definition) is 3. The van der Waals surface area contributed by atoms with Crippen molar-refractivity contribution >= 4 is 53.1 Å². The molecular formula is C33H57N3O8S3. The molecule has 1 aromatic carbocycles. The van der Waals surface area contributed by atoms with E-state index in [0.29, 0.717) is 108 Å². The summed E-state index contributed by atoms with van der Waals surface area (Å²) in [4.78, 5) is 37.0. The van der Waals surface area contributed by atoms with Crippen LogP contribution in [0.15, 0.2) is 24.3 Å². The minimum absolute atomic E-state index is 0.00304. The zero-order chi connectivity index (χ0) is 34.4. The molecular weight excluding hydrogens is 663 g/mol. The standard InChI is InChI=1S/C33H57N3O8S3/c1-4-16-40-20-22-42-18-14-35-30(37)11-25-46-33(47-26-12-31(38)36-15-19-43-23-21-41-17-13-34)28-7-9-29(10-8-28)44-32(39)6-5-24-45-27(2)3/h7-10,27,33H,4-6,11-26,34H2,1-3H3,(H,35,37)(H,36,38). The second kappa shape index (κ2) is 30.5. The monoisotopic (exact) mass is 719 g/mol. The van der Waals surface area contributed by atoms with Crippen molar-refractivity contribution in [1.82, 2.24) is 10.6 Å². The smallest absolute Gasteiger partial charge is 0.311 e. The highest BCUT2D eigenvalue weighted by Crippen LogP contribution is 2.40. The van der Waals surface area contributed by atoms with Crippen molar-refractivity contribution in [3.8, 4) is 5.75 Å². The summed E-state index contributed by atoms with van der Waals surface area (Å²) in [5.41, 5.74) is 6.40. The number of esters is 1. The molecule has 0 aliphatic carbocycles. The highest BCUT2D eigenvalue weighted by atomic mass is 32.2. The lowest BCUT2D eigenvalue weighted by molar-refractivity contribution is -0.134. The highest BCUT2D eigenvalue weighted by molar-refractivity contribution is 8.16. The molecule has 0 radical (unpaired) electrons. The van der Waals surface area contributed by atoms with Crippen molar-refractivity contribution in [2.45, 2.75) is 62.7 Å². The fourth-order valence-corrected chi connectivity index (χ4v) is 7.22. The molecule has 2 amide bonds. The van der Waals surface area contributed by atoms with Crippen LogP contribution in [-0.2, 0) is 33.3 Å². The van der Waals surface area contributed by atoms with E-state index in [4.69, 9.17) is 29.4 Å². The van der Waals surface area contributed by atoms with Gasteiger partial charge in [-0.3, -0.25) is 14.4 Å². The van der Waals surface area contributed by atoms with Crippen LogP contribution in [0.25, 0.3) is 0 Å². The summed E-state index contributed by atoms with van der Waals surface area (Å²) in [6, 6.07) is 7.49. The number of hydrogen-bond acceptors (Lipinski definition) is 12. The van der Waals surface area contributed by atoms with Crippen LogP contribution in [-0.4, -0.2) is 113 Å². The minimum Gasteiger partial charge on any atom is -0.427 e. The van der Waals surface area contributed by atoms with Gasteiger partial charge in [0.15, 0.2) is 0 Å². The quantitative estimate of drug-likeness (QED) is 0.0432. The molecule has 0 aromatic heterocycles. The van der Waals surface area contributed by atoms with E-state index in [1.165, 1.54) is 0 Å². The maximum Gasteiger partial charge on any atom is 0.311 e. The third-order valence-corrected chi connectivity index (χ3v) is 10.1. The van der Waals surface area contributed by atoms with Gasteiger partial charge in [0.25, 0.3) is 0 Å². The Balaban J connectivity index is 2.52. The van der Waals surface area contributed by atoms with Crippen molar-refractivity contribution in [3.05, 3.63) is 29.8 Å². The molecule has 1 unspecified atom stereocenters. The summed E-state index contributed by atoms with van der Waals surface area (Å²) in [5, 5.41) is 6.32. The summed E-state index contributed by atoms with van der Waals surface area (Å²) in [5.74, 6) is 2.34. The Bertz CT molecular complexity index is 906. The lowest BCUT2D eigenvalue weighted by Gasteiger charge is -2.17. The first-order valence-corrected chi connectivity index (χ1v) is 19.7. The van der Waals surface area contributed by atoms with Gasteiger partial charge in [-0.2, -0.15) is 11.8 Å². The normalized spacial score (nSPS) is 11.9. The van der Waals surface area contributed by atoms with Crippen LogP contribution in [0.2, 0.25) is 0 Å². The van der Waals surface area contributed by atoms with Gasteiger partial charge in [0.2, 0.25) is 11.8 Å². The van der Waals surface area contributed by atoms with Crippen molar-refractivity contribution < 1.29 is 38.1 Å². The van der Waals surface area contributed by atoms with E-state index in [-0.39, 0.29) is 22.4 Å². The molecule has 270 valence electrons. The zero-order valence-electron chi connectivity index (χ0n) is 28.5. The predicted molar refractivity (Wildman–Crippen MR) is 194 cm³/mol. The number of benzene rings is 1. The Kier molecular flexibility index (Phi) is 28.3. The second-order valence-corrected chi connectivity index (χ2v) is 15.0. The highest BCUT2D eigenvalue weighted by Gasteiger charge is 2.16. The molecule has 0 spiro atoms. The van der Waals surface area contributed by atoms with Gasteiger partial charge in [-0.1, -0.05) is 32.9 Å². The molecule has 0 bridgehead atoms. The van der Waals surface area contributed by atoms with Gasteiger partial charge in [-0.05, 0) is 41.5 Å². The van der Waals surface area contributed by atoms with E-state index in [0.717, 1.165) is 30.8 Å². The van der Waals surface area contributed by atoms with Gasteiger partial charge in [-0.15, -0.1) is 23.5 Å². The lowest BCUT2D eigenvalue weighted by atomic mass is 10.2. The number of thioether (sulfide) groups is 3. The summed E-state index contributed by atoms with van der Waals surface area (Å²) >= 11 is 5.13. The summed E-state index contributed by atoms with van der Waals surface area (Å²) in [6.45, 7) is 11.8. The number of carbonyl (C=O) groups is 3. The van der Waals surface area contributed by atoms with Gasteiger partial charge in [0.05, 0.1) is 50.8 Å². The van der Waals surface area contributed by atoms with Gasteiger partial charge < -0.3 is 40.1 Å². The number of nitrogens with one attached hydrogen (secondary N) is 2. The first kappa shape index (κ1) is 43.5. The summed E-state index contributed by atoms with van der Waals surface area (Å²) in [7, 11) is 0. The average molecular weight is 720 g/mol. The van der Waals surface area contributed by atoms with Gasteiger partial charge in [-0.25, -0.2) is 0 Å². The largest absolute Gasteiger partial charge is 0.427 e. The fourth-order valence-electron chi connectivity index (χ4n) is 3.74. The Hall–Kier alpha value is -1.52. The molecule has 0 aliphatic heterocycles. The van der Waals surface area contributed by atoms with E-state index in [1.807, 2.05) is 23.9 Å². The molecule has 0 fully saturated rings. The maximum atomic E-state index is 12.4. The van der Waals surface area contributed by atoms with Crippen molar-refractivity contribution in [3.63, 3.8) is 0 Å². The van der Waals surface area contributed by atoms with E-state index in [1.54, 1.807) is 35.7 Å². The van der Waals surface area contributed by atoms with Crippen LogP contribution in [0.3, 0.4) is 0 Å². The molecule has 1 aromatic rings. The summed E-state index contributed by atoms with van der Waals surface area (Å²) < 4.78 is 27.1. The van der Waals surface area contributed by atoms with Gasteiger partial charge >= 0.3 is 5.97 Å². The van der Waals surface area contributed by atoms with Gasteiger partial charge in [0.1, 0.15) is 5.75 Å². The van der Waals surface area contributed by atoms with Crippen LogP contribution in [0, 0.1) is 0 Å². The van der Waals surface area contributed by atoms with E-state index in [2.05, 4.69) is 31.4 Å². The Morgan fingerprint density at radius 3 is 1.74 bits per heavy atom. The van der Waals surface area contributed by atoms with Crippen molar-refractivity contribution in [2.75, 3.05) is 89.7 Å². The molecule has 0 saturated heterocycles. The van der Waals surface area contributed by atoms with E-state index >= 15 is 0 Å². The third kappa shape index (κ3) is 26.1. The van der Waals surface area contributed by atoms with Crippen LogP contribution in [0.5, 0.6) is 5.75 Å². The zero-order valence-corrected chi connectivity index (χ0v) is 30.9. The Morgan fingerprint density at radius 1 is 0.702 bits per heavy atom. The second-order valence-electron chi connectivity index (χ2n) is 10.6. The molecule has 11 nitrogen and oxygen atoms in total. The molecule has 1 rings (SSSR count). The molecule has 1 atom stereocenters. The topological polar surface area (TPSA) is 147 Å². The molecule has 47 heavy (non-hydrogen) atoms. The van der Waals surface area contributed by atoms with Crippen LogP contribution < -0.4 is 21.1 Å². The molecule has 0 heterocycles. The number of ether oxygens (including phenoxy) is 5. The minimum atomic E-state index is -0.236. The Morgan fingerprint density at radius 2 is 1.23 bits per heavy atom. The number of amides is 2. The van der Waals surface area contributed by atoms with Crippen molar-refractivity contribution in [1.29, 1.82) is 0 Å². The molecule has 4 N–H and O–H groups in total. The van der Waals surface area contributed by atoms with Crippen LogP contribution >= 0.6 is 35.3 Å². The van der Waals surface area contributed by atoms with E-state index in [9.17, 15) is 14.4 Å². The number of carbonyl (C=O) groups excluding carboxylic acids is 3. The van der Waals surface area contributed by atoms with Gasteiger partial charge in [0, 0.05) is 57.0 Å². The molecule has 14 heteroatoms. The van der Waals surface area contributed by atoms with Crippen LogP contribution in [0.1, 0.15) is 63.0 Å². The van der Waals surface area contributed by atoms with E-state index < -0.39 is 0 Å². The first-order chi connectivity index (χ1) is 22.8. The van der Waals surface area contributed by atoms with Crippen molar-refractivity contribution in [2.24, 2.45) is 5.73 Å². The average Bonchev–Trinajstić information content (AvgIpc) is 3.05. The Labute approximate surface area is 294 Å². The molecule has 0 aliphatic rings. The molecule has 0 saturated carbocycles.